The lowest BCUT2D eigenvalue weighted by Crippen LogP contribution is -2.50. The molecule has 1 aromatic rings. The number of nitriles is 1. The van der Waals surface area contributed by atoms with Crippen LogP contribution in [0.15, 0.2) is 18.2 Å². The number of nitrogens with zero attached hydrogens (tertiary/aromatic N) is 1. The van der Waals surface area contributed by atoms with Gasteiger partial charge in [-0.2, -0.15) is 5.26 Å². The molecule has 130 valence electrons. The first-order valence-corrected chi connectivity index (χ1v) is 7.39. The van der Waals surface area contributed by atoms with E-state index < -0.39 is 24.0 Å². The Morgan fingerprint density at radius 3 is 2.46 bits per heavy atom. The zero-order valence-electron chi connectivity index (χ0n) is 14.5. The van der Waals surface area contributed by atoms with Crippen molar-refractivity contribution >= 4 is 11.9 Å². The molecule has 0 aromatic heterocycles. The van der Waals surface area contributed by atoms with Gasteiger partial charge in [-0.25, -0.2) is 4.79 Å². The number of hydrogen-bond acceptors (Lipinski definition) is 6. The Morgan fingerprint density at radius 2 is 1.96 bits per heavy atom. The number of esters is 1. The summed E-state index contributed by atoms with van der Waals surface area (Å²) in [5, 5.41) is 11.8. The normalized spacial score (nSPS) is 12.7. The lowest BCUT2D eigenvalue weighted by atomic mass is 9.90. The quantitative estimate of drug-likeness (QED) is 0.765. The van der Waals surface area contributed by atoms with Crippen molar-refractivity contribution in [2.75, 3.05) is 20.8 Å². The van der Waals surface area contributed by atoms with E-state index in [0.29, 0.717) is 5.75 Å². The molecular weight excluding hydrogens is 312 g/mol. The maximum Gasteiger partial charge on any atom is 0.342 e. The van der Waals surface area contributed by atoms with E-state index in [1.165, 1.54) is 20.3 Å². The summed E-state index contributed by atoms with van der Waals surface area (Å²) in [6, 6.07) is 6.82. The lowest BCUT2D eigenvalue weighted by molar-refractivity contribution is -0.125. The number of benzene rings is 1. The molecular formula is C17H22N2O5. The van der Waals surface area contributed by atoms with Gasteiger partial charge in [0.15, 0.2) is 18.1 Å². The van der Waals surface area contributed by atoms with E-state index in [2.05, 4.69) is 11.4 Å². The molecule has 0 aliphatic carbocycles. The van der Waals surface area contributed by atoms with E-state index in [-0.39, 0.29) is 17.2 Å². The minimum absolute atomic E-state index is 0.0966. The third kappa shape index (κ3) is 4.38. The molecule has 0 unspecified atom stereocenters. The first kappa shape index (κ1) is 19.3. The van der Waals surface area contributed by atoms with Gasteiger partial charge < -0.3 is 19.5 Å². The molecule has 7 nitrogen and oxygen atoms in total. The second-order valence-electron chi connectivity index (χ2n) is 5.63. The summed E-state index contributed by atoms with van der Waals surface area (Å²) in [5.41, 5.74) is -0.881. The van der Waals surface area contributed by atoms with Crippen LogP contribution in [0.2, 0.25) is 0 Å². The maximum absolute atomic E-state index is 12.2. The van der Waals surface area contributed by atoms with Crippen molar-refractivity contribution in [3.63, 3.8) is 0 Å². The van der Waals surface area contributed by atoms with Crippen molar-refractivity contribution in [2.24, 2.45) is 5.92 Å². The molecule has 0 saturated heterocycles. The average Bonchev–Trinajstić information content (AvgIpc) is 2.58. The summed E-state index contributed by atoms with van der Waals surface area (Å²) < 4.78 is 15.3. The van der Waals surface area contributed by atoms with Crippen molar-refractivity contribution in [3.8, 4) is 17.6 Å². The fourth-order valence-corrected chi connectivity index (χ4v) is 1.88. The monoisotopic (exact) mass is 334 g/mol. The molecule has 0 aliphatic rings. The van der Waals surface area contributed by atoms with E-state index >= 15 is 0 Å². The van der Waals surface area contributed by atoms with Crippen LogP contribution >= 0.6 is 0 Å². The van der Waals surface area contributed by atoms with E-state index in [9.17, 15) is 14.9 Å². The fraction of sp³-hybridized carbons (Fsp3) is 0.471. The third-order valence-electron chi connectivity index (χ3n) is 3.74. The number of carbonyl (C=O) groups excluding carboxylic acids is 2. The van der Waals surface area contributed by atoms with Gasteiger partial charge in [0.1, 0.15) is 11.1 Å². The van der Waals surface area contributed by atoms with E-state index in [1.54, 1.807) is 19.1 Å². The van der Waals surface area contributed by atoms with Crippen LogP contribution in [0.25, 0.3) is 0 Å². The highest BCUT2D eigenvalue weighted by atomic mass is 16.5. The summed E-state index contributed by atoms with van der Waals surface area (Å²) in [4.78, 5) is 24.1. The van der Waals surface area contributed by atoms with Gasteiger partial charge in [0.05, 0.1) is 20.3 Å². The van der Waals surface area contributed by atoms with Gasteiger partial charge >= 0.3 is 5.97 Å². The summed E-state index contributed by atoms with van der Waals surface area (Å²) in [6.45, 7) is 4.75. The standard InChI is InChI=1S/C17H22N2O5/c1-11(2)17(3,10-18)19-14(20)9-24-16(21)12-7-6-8-13(22-4)15(12)23-5/h6-8,11H,9H2,1-5H3,(H,19,20)/t17-/m0/s1. The topological polar surface area (TPSA) is 97.6 Å². The molecule has 7 heteroatoms. The van der Waals surface area contributed by atoms with Crippen LogP contribution in [0.5, 0.6) is 11.5 Å². The number of carbonyl (C=O) groups is 2. The van der Waals surface area contributed by atoms with Crippen LogP contribution in [0.4, 0.5) is 0 Å². The van der Waals surface area contributed by atoms with E-state index in [1.807, 2.05) is 13.8 Å². The molecule has 0 aliphatic heterocycles. The number of nitrogens with one attached hydrogen (secondary N) is 1. The second-order valence-corrected chi connectivity index (χ2v) is 5.63. The van der Waals surface area contributed by atoms with Crippen molar-refractivity contribution < 1.29 is 23.8 Å². The smallest absolute Gasteiger partial charge is 0.342 e. The molecule has 1 N–H and O–H groups in total. The first-order chi connectivity index (χ1) is 11.3. The molecule has 0 spiro atoms. The molecule has 24 heavy (non-hydrogen) atoms. The molecule has 0 fully saturated rings. The largest absolute Gasteiger partial charge is 0.493 e. The van der Waals surface area contributed by atoms with Crippen LogP contribution < -0.4 is 14.8 Å². The first-order valence-electron chi connectivity index (χ1n) is 7.39. The molecule has 1 aromatic carbocycles. The van der Waals surface area contributed by atoms with Gasteiger partial charge in [-0.3, -0.25) is 4.79 Å². The molecule has 1 rings (SSSR count). The van der Waals surface area contributed by atoms with E-state index in [4.69, 9.17) is 14.2 Å². The Labute approximate surface area is 141 Å². The average molecular weight is 334 g/mol. The Kier molecular flexibility index (Phi) is 6.59. The molecule has 0 heterocycles. The highest BCUT2D eigenvalue weighted by Crippen LogP contribution is 2.31. The predicted molar refractivity (Wildman–Crippen MR) is 86.8 cm³/mol. The summed E-state index contributed by atoms with van der Waals surface area (Å²) in [7, 11) is 2.86. The Balaban J connectivity index is 2.77. The fourth-order valence-electron chi connectivity index (χ4n) is 1.88. The van der Waals surface area contributed by atoms with E-state index in [0.717, 1.165) is 0 Å². The van der Waals surface area contributed by atoms with Gasteiger partial charge in [0, 0.05) is 0 Å². The van der Waals surface area contributed by atoms with Crippen molar-refractivity contribution in [1.29, 1.82) is 5.26 Å². The SMILES string of the molecule is COc1cccc(C(=O)OCC(=O)N[C@@](C)(C#N)C(C)C)c1OC. The molecule has 0 radical (unpaired) electrons. The number of rotatable bonds is 7. The second kappa shape index (κ2) is 8.20. The number of methoxy groups -OCH3 is 2. The minimum atomic E-state index is -1.03. The van der Waals surface area contributed by atoms with Crippen molar-refractivity contribution in [3.05, 3.63) is 23.8 Å². The molecule has 1 atom stereocenters. The Hall–Kier alpha value is -2.75. The molecule has 0 bridgehead atoms. The van der Waals surface area contributed by atoms with Crippen LogP contribution in [-0.4, -0.2) is 38.2 Å². The Bertz CT molecular complexity index is 651. The van der Waals surface area contributed by atoms with Gasteiger partial charge in [0.2, 0.25) is 0 Å². The van der Waals surface area contributed by atoms with Gasteiger partial charge in [-0.05, 0) is 25.0 Å². The molecule has 0 saturated carbocycles. The number of amides is 1. The van der Waals surface area contributed by atoms with Crippen LogP contribution in [0.3, 0.4) is 0 Å². The van der Waals surface area contributed by atoms with Crippen LogP contribution in [-0.2, 0) is 9.53 Å². The number of para-hydroxylation sites is 1. The maximum atomic E-state index is 12.2. The zero-order chi connectivity index (χ0) is 18.3. The summed E-state index contributed by atoms with van der Waals surface area (Å²) in [5.74, 6) is -0.754. The highest BCUT2D eigenvalue weighted by Gasteiger charge is 2.30. The number of hydrogen-bond donors (Lipinski definition) is 1. The van der Waals surface area contributed by atoms with Crippen LogP contribution in [0, 0.1) is 17.2 Å². The third-order valence-corrected chi connectivity index (χ3v) is 3.74. The zero-order valence-corrected chi connectivity index (χ0v) is 14.5. The lowest BCUT2D eigenvalue weighted by Gasteiger charge is -2.27. The predicted octanol–water partition coefficient (Wildman–Crippen LogP) is 1.92. The highest BCUT2D eigenvalue weighted by molar-refractivity contribution is 5.95. The van der Waals surface area contributed by atoms with Gasteiger partial charge in [-0.15, -0.1) is 0 Å². The minimum Gasteiger partial charge on any atom is -0.493 e. The number of ether oxygens (including phenoxy) is 3. The Morgan fingerprint density at radius 1 is 1.29 bits per heavy atom. The molecule has 1 amide bonds. The summed E-state index contributed by atoms with van der Waals surface area (Å²) in [6.07, 6.45) is 0. The van der Waals surface area contributed by atoms with Crippen molar-refractivity contribution in [1.82, 2.24) is 5.32 Å². The van der Waals surface area contributed by atoms with Crippen LogP contribution in [0.1, 0.15) is 31.1 Å². The van der Waals surface area contributed by atoms with Gasteiger partial charge in [-0.1, -0.05) is 19.9 Å². The summed E-state index contributed by atoms with van der Waals surface area (Å²) >= 11 is 0. The van der Waals surface area contributed by atoms with Gasteiger partial charge in [0.25, 0.3) is 5.91 Å². The van der Waals surface area contributed by atoms with Crippen molar-refractivity contribution in [2.45, 2.75) is 26.3 Å².